The molecule has 1 aromatic carbocycles. The van der Waals surface area contributed by atoms with E-state index in [4.69, 9.17) is 4.52 Å². The van der Waals surface area contributed by atoms with Crippen LogP contribution in [0.25, 0.3) is 10.9 Å². The van der Waals surface area contributed by atoms with Crippen molar-refractivity contribution in [3.63, 3.8) is 0 Å². The zero-order chi connectivity index (χ0) is 18.1. The Bertz CT molecular complexity index is 1030. The van der Waals surface area contributed by atoms with E-state index in [1.807, 2.05) is 18.2 Å². The predicted octanol–water partition coefficient (Wildman–Crippen LogP) is 2.71. The maximum atomic E-state index is 13.3. The molecule has 1 fully saturated rings. The number of hydrogen-bond donors (Lipinski definition) is 0. The number of benzene rings is 1. The minimum atomic E-state index is -3.61. The number of aryl methyl sites for hydroxylation is 2. The first kappa shape index (κ1) is 17.1. The van der Waals surface area contributed by atoms with Gasteiger partial charge in [0.15, 0.2) is 5.82 Å². The molecule has 0 bridgehead atoms. The number of hydrogen-bond acceptors (Lipinski definition) is 6. The smallest absolute Gasteiger partial charge is 0.245 e. The molecule has 2 aromatic heterocycles. The van der Waals surface area contributed by atoms with Crippen molar-refractivity contribution in [2.75, 3.05) is 6.54 Å². The summed E-state index contributed by atoms with van der Waals surface area (Å²) < 4.78 is 33.2. The first-order valence-corrected chi connectivity index (χ1v) is 10.1. The van der Waals surface area contributed by atoms with Gasteiger partial charge in [-0.25, -0.2) is 8.42 Å². The highest BCUT2D eigenvalue weighted by atomic mass is 32.2. The van der Waals surface area contributed by atoms with E-state index in [1.54, 1.807) is 29.6 Å². The zero-order valence-corrected chi connectivity index (χ0v) is 15.3. The SMILES string of the molecule is Cc1nc(CCC2CCCN2S(=O)(=O)c2cccc3cccnc23)no1. The summed E-state index contributed by atoms with van der Waals surface area (Å²) in [4.78, 5) is 8.78. The second-order valence-corrected chi connectivity index (χ2v) is 8.37. The Hall–Kier alpha value is -2.32. The van der Waals surface area contributed by atoms with Gasteiger partial charge in [-0.05, 0) is 31.4 Å². The molecule has 3 aromatic rings. The summed E-state index contributed by atoms with van der Waals surface area (Å²) in [6.45, 7) is 2.28. The van der Waals surface area contributed by atoms with Crippen LogP contribution in [0.5, 0.6) is 0 Å². The number of para-hydroxylation sites is 1. The standard InChI is InChI=1S/C18H20N4O3S/c1-13-20-17(21-25-13)10-9-15-7-4-12-22(15)26(23,24)16-8-2-5-14-6-3-11-19-18(14)16/h2-3,5-6,8,11,15H,4,7,9-10,12H2,1H3. The van der Waals surface area contributed by atoms with E-state index in [-0.39, 0.29) is 10.9 Å². The van der Waals surface area contributed by atoms with Gasteiger partial charge >= 0.3 is 0 Å². The molecule has 0 spiro atoms. The molecule has 1 aliphatic heterocycles. The summed E-state index contributed by atoms with van der Waals surface area (Å²) in [5.41, 5.74) is 0.523. The molecule has 136 valence electrons. The minimum absolute atomic E-state index is 0.0576. The van der Waals surface area contributed by atoms with Crippen molar-refractivity contribution >= 4 is 20.9 Å². The summed E-state index contributed by atoms with van der Waals surface area (Å²) >= 11 is 0. The second kappa shape index (κ2) is 6.77. The molecule has 0 aliphatic carbocycles. The predicted molar refractivity (Wildman–Crippen MR) is 96.0 cm³/mol. The molecule has 0 radical (unpaired) electrons. The average molecular weight is 372 g/mol. The van der Waals surface area contributed by atoms with Crippen LogP contribution in [0.15, 0.2) is 45.9 Å². The lowest BCUT2D eigenvalue weighted by atomic mass is 10.1. The van der Waals surface area contributed by atoms with E-state index in [1.165, 1.54) is 0 Å². The fourth-order valence-electron chi connectivity index (χ4n) is 3.56. The van der Waals surface area contributed by atoms with Crippen LogP contribution < -0.4 is 0 Å². The summed E-state index contributed by atoms with van der Waals surface area (Å²) in [5, 5.41) is 4.72. The van der Waals surface area contributed by atoms with Crippen LogP contribution in [0.1, 0.15) is 31.0 Å². The van der Waals surface area contributed by atoms with Gasteiger partial charge < -0.3 is 4.52 Å². The fourth-order valence-corrected chi connectivity index (χ4v) is 5.45. The Morgan fingerprint density at radius 3 is 2.92 bits per heavy atom. The molecule has 0 saturated carbocycles. The number of rotatable bonds is 5. The van der Waals surface area contributed by atoms with Gasteiger partial charge in [0.1, 0.15) is 4.90 Å². The van der Waals surface area contributed by atoms with Crippen LogP contribution in [0, 0.1) is 6.92 Å². The molecule has 26 heavy (non-hydrogen) atoms. The maximum Gasteiger partial charge on any atom is 0.245 e. The van der Waals surface area contributed by atoms with Gasteiger partial charge in [0, 0.05) is 37.5 Å². The van der Waals surface area contributed by atoms with Gasteiger partial charge in [0.05, 0.1) is 5.52 Å². The molecule has 7 nitrogen and oxygen atoms in total. The molecule has 4 rings (SSSR count). The van der Waals surface area contributed by atoms with Gasteiger partial charge in [-0.3, -0.25) is 4.98 Å². The molecule has 0 amide bonds. The largest absolute Gasteiger partial charge is 0.340 e. The van der Waals surface area contributed by atoms with Crippen LogP contribution in [0.2, 0.25) is 0 Å². The lowest BCUT2D eigenvalue weighted by Crippen LogP contribution is -2.36. The summed E-state index contributed by atoms with van der Waals surface area (Å²) in [5.74, 6) is 1.15. The van der Waals surface area contributed by atoms with E-state index in [0.29, 0.717) is 36.6 Å². The Morgan fingerprint density at radius 2 is 2.12 bits per heavy atom. The number of fused-ring (bicyclic) bond motifs is 1. The molecule has 8 heteroatoms. The Morgan fingerprint density at radius 1 is 1.27 bits per heavy atom. The van der Waals surface area contributed by atoms with E-state index in [0.717, 1.165) is 18.2 Å². The normalized spacial score (nSPS) is 18.6. The Balaban J connectivity index is 1.61. The van der Waals surface area contributed by atoms with Gasteiger partial charge in [-0.15, -0.1) is 0 Å². The van der Waals surface area contributed by atoms with E-state index in [9.17, 15) is 8.42 Å². The maximum absolute atomic E-state index is 13.3. The molecule has 1 aliphatic rings. The van der Waals surface area contributed by atoms with E-state index >= 15 is 0 Å². The monoisotopic (exact) mass is 372 g/mol. The number of pyridine rings is 1. The molecule has 3 heterocycles. The Labute approximate surface area is 152 Å². The second-order valence-electron chi connectivity index (χ2n) is 6.51. The van der Waals surface area contributed by atoms with Crippen molar-refractivity contribution in [2.24, 2.45) is 0 Å². The fraction of sp³-hybridized carbons (Fsp3) is 0.389. The van der Waals surface area contributed by atoms with Gasteiger partial charge in [-0.1, -0.05) is 23.4 Å². The highest BCUT2D eigenvalue weighted by Gasteiger charge is 2.36. The van der Waals surface area contributed by atoms with Crippen LogP contribution in [-0.2, 0) is 16.4 Å². The average Bonchev–Trinajstić information content (AvgIpc) is 3.28. The van der Waals surface area contributed by atoms with Crippen LogP contribution in [0.3, 0.4) is 0 Å². The van der Waals surface area contributed by atoms with E-state index in [2.05, 4.69) is 15.1 Å². The molecule has 1 unspecified atom stereocenters. The summed E-state index contributed by atoms with van der Waals surface area (Å²) in [6.07, 6.45) is 4.60. The summed E-state index contributed by atoms with van der Waals surface area (Å²) in [7, 11) is -3.61. The van der Waals surface area contributed by atoms with Crippen molar-refractivity contribution < 1.29 is 12.9 Å². The third-order valence-electron chi connectivity index (χ3n) is 4.78. The summed E-state index contributed by atoms with van der Waals surface area (Å²) in [6, 6.07) is 8.91. The van der Waals surface area contributed by atoms with Crippen molar-refractivity contribution in [1.29, 1.82) is 0 Å². The number of aromatic nitrogens is 3. The van der Waals surface area contributed by atoms with E-state index < -0.39 is 10.0 Å². The molecule has 1 saturated heterocycles. The minimum Gasteiger partial charge on any atom is -0.340 e. The quantitative estimate of drug-likeness (QED) is 0.684. The highest BCUT2D eigenvalue weighted by molar-refractivity contribution is 7.89. The first-order chi connectivity index (χ1) is 12.6. The van der Waals surface area contributed by atoms with Gasteiger partial charge in [0.2, 0.25) is 15.9 Å². The highest BCUT2D eigenvalue weighted by Crippen LogP contribution is 2.31. The third kappa shape index (κ3) is 3.10. The van der Waals surface area contributed by atoms with Crippen molar-refractivity contribution in [3.05, 3.63) is 48.2 Å². The zero-order valence-electron chi connectivity index (χ0n) is 14.5. The third-order valence-corrected chi connectivity index (χ3v) is 6.76. The Kier molecular flexibility index (Phi) is 4.46. The molecular weight excluding hydrogens is 352 g/mol. The number of sulfonamides is 1. The molecular formula is C18H20N4O3S. The number of nitrogens with zero attached hydrogens (tertiary/aromatic N) is 4. The van der Waals surface area contributed by atoms with Crippen molar-refractivity contribution in [2.45, 2.75) is 43.5 Å². The van der Waals surface area contributed by atoms with Crippen LogP contribution >= 0.6 is 0 Å². The lowest BCUT2D eigenvalue weighted by Gasteiger charge is -2.24. The molecule has 0 N–H and O–H groups in total. The van der Waals surface area contributed by atoms with Crippen LogP contribution in [0.4, 0.5) is 0 Å². The topological polar surface area (TPSA) is 89.2 Å². The van der Waals surface area contributed by atoms with Crippen molar-refractivity contribution in [1.82, 2.24) is 19.4 Å². The van der Waals surface area contributed by atoms with Crippen molar-refractivity contribution in [3.8, 4) is 0 Å². The van der Waals surface area contributed by atoms with Gasteiger partial charge in [0.25, 0.3) is 0 Å². The first-order valence-electron chi connectivity index (χ1n) is 8.70. The van der Waals surface area contributed by atoms with Gasteiger partial charge in [-0.2, -0.15) is 9.29 Å². The lowest BCUT2D eigenvalue weighted by molar-refractivity contribution is 0.361. The van der Waals surface area contributed by atoms with Crippen LogP contribution in [-0.4, -0.2) is 40.4 Å². The molecule has 1 atom stereocenters.